The molecule has 9 aromatic rings. The molecule has 0 unspecified atom stereocenters. The first-order valence-electron chi connectivity index (χ1n) is 18.0. The molecular formula is C51H34. The molecule has 0 amide bonds. The normalized spacial score (nSPS) is 13.5. The largest absolute Gasteiger partial charge is 0.0622 e. The third-order valence-electron chi connectivity index (χ3n) is 11.8. The first-order chi connectivity index (χ1) is 25.1. The molecule has 51 heavy (non-hydrogen) atoms. The highest BCUT2D eigenvalue weighted by molar-refractivity contribution is 6.29. The van der Waals surface area contributed by atoms with Crippen LogP contribution < -0.4 is 0 Å². The molecule has 0 saturated heterocycles. The van der Waals surface area contributed by atoms with E-state index in [0.717, 1.165) is 0 Å². The van der Waals surface area contributed by atoms with Crippen LogP contribution >= 0.6 is 0 Å². The van der Waals surface area contributed by atoms with Gasteiger partial charge in [0.25, 0.3) is 0 Å². The van der Waals surface area contributed by atoms with Gasteiger partial charge in [0, 0.05) is 5.41 Å². The van der Waals surface area contributed by atoms with Crippen molar-refractivity contribution in [3.05, 3.63) is 181 Å². The first-order valence-corrected chi connectivity index (χ1v) is 18.0. The van der Waals surface area contributed by atoms with Gasteiger partial charge < -0.3 is 0 Å². The molecule has 0 heterocycles. The molecule has 0 spiro atoms. The molecule has 238 valence electrons. The Labute approximate surface area is 298 Å². The van der Waals surface area contributed by atoms with Crippen molar-refractivity contribution in [1.82, 2.24) is 0 Å². The monoisotopic (exact) mass is 646 g/mol. The van der Waals surface area contributed by atoms with E-state index in [2.05, 4.69) is 184 Å². The molecule has 0 aliphatic heterocycles. The number of hydrogen-bond donors (Lipinski definition) is 0. The summed E-state index contributed by atoms with van der Waals surface area (Å²) in [4.78, 5) is 0. The minimum Gasteiger partial charge on any atom is -0.0622 e. The molecule has 11 rings (SSSR count). The zero-order valence-electron chi connectivity index (χ0n) is 28.7. The van der Waals surface area contributed by atoms with Crippen LogP contribution in [0.1, 0.15) is 25.0 Å². The quantitative estimate of drug-likeness (QED) is 0.179. The molecule has 0 fully saturated rings. The predicted molar refractivity (Wildman–Crippen MR) is 217 cm³/mol. The Morgan fingerprint density at radius 2 is 0.882 bits per heavy atom. The Hall–Kier alpha value is -6.24. The van der Waals surface area contributed by atoms with Crippen LogP contribution in [0.15, 0.2) is 170 Å². The van der Waals surface area contributed by atoms with Gasteiger partial charge in [0.1, 0.15) is 0 Å². The highest BCUT2D eigenvalue weighted by Crippen LogP contribution is 2.62. The molecule has 2 aliphatic rings. The lowest BCUT2D eigenvalue weighted by Crippen LogP contribution is -2.15. The van der Waals surface area contributed by atoms with E-state index in [1.54, 1.807) is 0 Å². The van der Waals surface area contributed by atoms with Gasteiger partial charge in [-0.25, -0.2) is 0 Å². The molecule has 0 bridgehead atoms. The lowest BCUT2D eigenvalue weighted by atomic mass is 9.79. The van der Waals surface area contributed by atoms with E-state index < -0.39 is 0 Å². The van der Waals surface area contributed by atoms with Gasteiger partial charge in [0.05, 0.1) is 0 Å². The van der Waals surface area contributed by atoms with Crippen LogP contribution in [-0.4, -0.2) is 0 Å². The van der Waals surface area contributed by atoms with Crippen LogP contribution in [0.3, 0.4) is 0 Å². The minimum absolute atomic E-state index is 0.174. The molecule has 0 aromatic heterocycles. The van der Waals surface area contributed by atoms with Crippen LogP contribution in [0.2, 0.25) is 0 Å². The fourth-order valence-electron chi connectivity index (χ4n) is 9.43. The lowest BCUT2D eigenvalue weighted by Gasteiger charge is -2.24. The predicted octanol–water partition coefficient (Wildman–Crippen LogP) is 14.1. The minimum atomic E-state index is -0.174. The summed E-state index contributed by atoms with van der Waals surface area (Å²) >= 11 is 0. The lowest BCUT2D eigenvalue weighted by molar-refractivity contribution is 0.661. The van der Waals surface area contributed by atoms with Crippen molar-refractivity contribution in [3.8, 4) is 66.8 Å². The summed E-state index contributed by atoms with van der Waals surface area (Å²) in [5.74, 6) is 0. The van der Waals surface area contributed by atoms with Crippen molar-refractivity contribution in [2.24, 2.45) is 0 Å². The fraction of sp³-hybridized carbons (Fsp3) is 0.0588. The second kappa shape index (κ2) is 10.4. The van der Waals surface area contributed by atoms with E-state index in [4.69, 9.17) is 0 Å². The number of benzene rings is 9. The van der Waals surface area contributed by atoms with Gasteiger partial charge in [0.15, 0.2) is 0 Å². The van der Waals surface area contributed by atoms with Gasteiger partial charge in [-0.3, -0.25) is 0 Å². The standard InChI is InChI=1S/C51H34/c1-51(2)43-29-36(35-25-24-31-14-9-10-19-34(31)28-35)26-27-39(43)48-40-22-13-23-41-47(40)42(30-44(48)51)50-46(33-17-7-4-8-18-33)38-21-12-11-20-37(38)45(49(41)50)32-15-5-3-6-16-32/h3-30H,1-2H3. The third-order valence-corrected chi connectivity index (χ3v) is 11.8. The summed E-state index contributed by atoms with van der Waals surface area (Å²) in [5, 5.41) is 7.87. The average Bonchev–Trinajstić information content (AvgIpc) is 3.63. The molecule has 0 radical (unpaired) electrons. The van der Waals surface area contributed by atoms with Crippen molar-refractivity contribution in [3.63, 3.8) is 0 Å². The van der Waals surface area contributed by atoms with Crippen LogP contribution in [0.25, 0.3) is 99.1 Å². The van der Waals surface area contributed by atoms with Crippen molar-refractivity contribution < 1.29 is 0 Å². The molecule has 0 heteroatoms. The van der Waals surface area contributed by atoms with Crippen LogP contribution in [0.5, 0.6) is 0 Å². The summed E-state index contributed by atoms with van der Waals surface area (Å²) in [5.41, 5.74) is 18.5. The number of fused-ring (bicyclic) bond motifs is 9. The van der Waals surface area contributed by atoms with Gasteiger partial charge in [-0.2, -0.15) is 0 Å². The molecule has 0 atom stereocenters. The van der Waals surface area contributed by atoms with Crippen LogP contribution in [0, 0.1) is 0 Å². The van der Waals surface area contributed by atoms with Gasteiger partial charge >= 0.3 is 0 Å². The summed E-state index contributed by atoms with van der Waals surface area (Å²) in [6.07, 6.45) is 0. The van der Waals surface area contributed by atoms with Crippen LogP contribution in [0.4, 0.5) is 0 Å². The summed E-state index contributed by atoms with van der Waals surface area (Å²) in [6, 6.07) is 63.4. The molecular weight excluding hydrogens is 613 g/mol. The van der Waals surface area contributed by atoms with E-state index in [1.165, 1.54) is 110 Å². The number of hydrogen-bond acceptors (Lipinski definition) is 0. The maximum absolute atomic E-state index is 2.57. The highest BCUT2D eigenvalue weighted by Gasteiger charge is 2.40. The molecule has 2 aliphatic carbocycles. The molecule has 0 saturated carbocycles. The molecule has 0 N–H and O–H groups in total. The van der Waals surface area contributed by atoms with Crippen molar-refractivity contribution in [2.45, 2.75) is 19.3 Å². The van der Waals surface area contributed by atoms with Crippen molar-refractivity contribution in [2.75, 3.05) is 0 Å². The maximum Gasteiger partial charge on any atom is 0.0159 e. The zero-order chi connectivity index (χ0) is 33.8. The van der Waals surface area contributed by atoms with E-state index in [1.807, 2.05) is 0 Å². The topological polar surface area (TPSA) is 0 Å². The molecule has 0 nitrogen and oxygen atoms in total. The van der Waals surface area contributed by atoms with Crippen molar-refractivity contribution in [1.29, 1.82) is 0 Å². The molecule has 9 aromatic carbocycles. The zero-order valence-corrected chi connectivity index (χ0v) is 28.7. The third kappa shape index (κ3) is 3.91. The summed E-state index contributed by atoms with van der Waals surface area (Å²) < 4.78 is 0. The average molecular weight is 647 g/mol. The SMILES string of the molecule is CC1(C)c2cc(-c3ccc4ccccc4c3)ccc2-c2c1cc1c3c(cccc23)-c2c-1c(-c1ccccc1)c1ccccc1c2-c1ccccc1. The van der Waals surface area contributed by atoms with Gasteiger partial charge in [-0.15, -0.1) is 0 Å². The van der Waals surface area contributed by atoms with E-state index >= 15 is 0 Å². The van der Waals surface area contributed by atoms with Gasteiger partial charge in [-0.1, -0.05) is 166 Å². The van der Waals surface area contributed by atoms with Gasteiger partial charge in [-0.05, 0) is 128 Å². The first kappa shape index (κ1) is 28.6. The Balaban J connectivity index is 1.22. The Kier molecular flexibility index (Phi) is 5.82. The van der Waals surface area contributed by atoms with E-state index in [9.17, 15) is 0 Å². The highest BCUT2D eigenvalue weighted by atomic mass is 14.4. The van der Waals surface area contributed by atoms with Crippen molar-refractivity contribution >= 4 is 32.3 Å². The smallest absolute Gasteiger partial charge is 0.0159 e. The fourth-order valence-corrected chi connectivity index (χ4v) is 9.43. The Bertz CT molecular complexity index is 2910. The van der Waals surface area contributed by atoms with E-state index in [0.29, 0.717) is 0 Å². The second-order valence-corrected chi connectivity index (χ2v) is 14.8. The Morgan fingerprint density at radius 1 is 0.314 bits per heavy atom. The Morgan fingerprint density at radius 3 is 1.59 bits per heavy atom. The maximum atomic E-state index is 2.57. The van der Waals surface area contributed by atoms with Gasteiger partial charge in [0.2, 0.25) is 0 Å². The van der Waals surface area contributed by atoms with Crippen LogP contribution in [-0.2, 0) is 5.41 Å². The second-order valence-electron chi connectivity index (χ2n) is 14.8. The summed E-state index contributed by atoms with van der Waals surface area (Å²) in [7, 11) is 0. The summed E-state index contributed by atoms with van der Waals surface area (Å²) in [6.45, 7) is 4.85. The van der Waals surface area contributed by atoms with E-state index in [-0.39, 0.29) is 5.41 Å². The number of rotatable bonds is 3.